The van der Waals surface area contributed by atoms with Crippen molar-refractivity contribution in [3.63, 3.8) is 0 Å². The molecule has 0 saturated heterocycles. The molecule has 2 nitrogen and oxygen atoms in total. The molecule has 7 heteroatoms. The topological polar surface area (TPSA) is 37.3 Å². The van der Waals surface area contributed by atoms with Gasteiger partial charge in [-0.15, -0.1) is 0 Å². The predicted octanol–water partition coefficient (Wildman–Crippen LogP) is 2.50. The zero-order valence-corrected chi connectivity index (χ0v) is 7.09. The van der Waals surface area contributed by atoms with Crippen LogP contribution >= 0.6 is 12.6 Å². The Morgan fingerprint density at radius 1 is 1.00 bits per heavy atom. The highest BCUT2D eigenvalue weighted by Crippen LogP contribution is 2.26. The molecule has 0 amide bonds. The Balaban J connectivity index is 3.68. The van der Waals surface area contributed by atoms with Gasteiger partial charge in [-0.2, -0.15) is 0 Å². The van der Waals surface area contributed by atoms with Crippen LogP contribution in [0.25, 0.3) is 0 Å². The van der Waals surface area contributed by atoms with E-state index in [2.05, 4.69) is 12.6 Å². The summed E-state index contributed by atoms with van der Waals surface area (Å²) in [6, 6.07) is 0. The van der Waals surface area contributed by atoms with E-state index in [1.54, 1.807) is 0 Å². The van der Waals surface area contributed by atoms with Gasteiger partial charge in [0.05, 0.1) is 0 Å². The number of hydrogen-bond donors (Lipinski definition) is 1. The first-order valence-corrected chi connectivity index (χ1v) is 3.55. The monoisotopic (exact) mass is 225 g/mol. The molecule has 0 spiro atoms. The Hall–Kier alpha value is -1.37. The molecule has 0 aliphatic rings. The van der Waals surface area contributed by atoms with E-state index in [-0.39, 0.29) is 0 Å². The molecule has 0 aliphatic carbocycles. The number of aromatic carboxylic acids is 1. The van der Waals surface area contributed by atoms with Gasteiger partial charge in [0.15, 0.2) is 23.3 Å². The number of rotatable bonds is 1. The standard InChI is InChI=1S/C7HF4O2S/c8-2-1(7(12)13)3(9)5(11)6(14)4(2)10/h(H,12,13). The number of halogens is 4. The number of hydrogen-bond acceptors (Lipinski definition) is 1. The normalized spacial score (nSPS) is 10.3. The molecule has 1 aromatic carbocycles. The first-order valence-electron chi connectivity index (χ1n) is 3.14. The van der Waals surface area contributed by atoms with Gasteiger partial charge in [0.2, 0.25) is 0 Å². The van der Waals surface area contributed by atoms with E-state index in [9.17, 15) is 22.4 Å². The van der Waals surface area contributed by atoms with Gasteiger partial charge < -0.3 is 5.11 Å². The van der Waals surface area contributed by atoms with Crippen molar-refractivity contribution in [3.05, 3.63) is 28.8 Å². The van der Waals surface area contributed by atoms with Crippen LogP contribution in [-0.4, -0.2) is 11.1 Å². The van der Waals surface area contributed by atoms with Gasteiger partial charge in [0.25, 0.3) is 0 Å². The quantitative estimate of drug-likeness (QED) is 0.589. The molecule has 0 saturated carbocycles. The summed E-state index contributed by atoms with van der Waals surface area (Å²) in [5.74, 6) is -9.86. The second-order valence-electron chi connectivity index (χ2n) is 2.27. The molecule has 0 heterocycles. The summed E-state index contributed by atoms with van der Waals surface area (Å²) >= 11 is 3.99. The molecule has 1 rings (SSSR count). The molecule has 0 aliphatic heterocycles. The van der Waals surface area contributed by atoms with Gasteiger partial charge in [-0.3, -0.25) is 0 Å². The molecule has 0 aromatic heterocycles. The summed E-state index contributed by atoms with van der Waals surface area (Å²) in [6.07, 6.45) is 0. The lowest BCUT2D eigenvalue weighted by Gasteiger charge is -2.04. The molecular formula is C7HF4O2S. The predicted molar refractivity (Wildman–Crippen MR) is 39.1 cm³/mol. The fraction of sp³-hybridized carbons (Fsp3) is 0. The summed E-state index contributed by atoms with van der Waals surface area (Å²) < 4.78 is 50.7. The van der Waals surface area contributed by atoms with Gasteiger partial charge in [-0.05, 0) is 0 Å². The lowest BCUT2D eigenvalue weighted by molar-refractivity contribution is 0.0683. The Morgan fingerprint density at radius 2 is 1.36 bits per heavy atom. The minimum Gasteiger partial charge on any atom is -0.477 e. The lowest BCUT2D eigenvalue weighted by Crippen LogP contribution is -2.10. The molecule has 75 valence electrons. The summed E-state index contributed by atoms with van der Waals surface area (Å²) in [5.41, 5.74) is -1.69. The number of benzene rings is 1. The van der Waals surface area contributed by atoms with E-state index >= 15 is 0 Å². The molecule has 0 unspecified atom stereocenters. The highest BCUT2D eigenvalue weighted by atomic mass is 32.1. The second kappa shape index (κ2) is 3.41. The molecule has 0 fully saturated rings. The number of carbonyl (C=O) groups is 1. The van der Waals surface area contributed by atoms with Crippen LogP contribution in [0.15, 0.2) is 4.90 Å². The van der Waals surface area contributed by atoms with Crippen molar-refractivity contribution in [2.75, 3.05) is 0 Å². The second-order valence-corrected chi connectivity index (χ2v) is 2.67. The van der Waals surface area contributed by atoms with Crippen molar-refractivity contribution >= 4 is 18.6 Å². The van der Waals surface area contributed by atoms with Crippen LogP contribution in [0.4, 0.5) is 17.6 Å². The maximum absolute atomic E-state index is 12.7. The zero-order valence-electron chi connectivity index (χ0n) is 6.28. The lowest BCUT2D eigenvalue weighted by atomic mass is 10.2. The fourth-order valence-electron chi connectivity index (χ4n) is 0.799. The maximum atomic E-state index is 12.7. The summed E-state index contributed by atoms with van der Waals surface area (Å²) in [5, 5.41) is 8.24. The molecule has 1 N–H and O–H groups in total. The minimum absolute atomic E-state index is 1.30. The Labute approximate surface area is 80.6 Å². The zero-order chi connectivity index (χ0) is 11.0. The van der Waals surface area contributed by atoms with Crippen LogP contribution in [0.3, 0.4) is 0 Å². The maximum Gasteiger partial charge on any atom is 0.341 e. The van der Waals surface area contributed by atoms with Crippen LogP contribution in [0.1, 0.15) is 10.4 Å². The average molecular weight is 225 g/mol. The van der Waals surface area contributed by atoms with Crippen LogP contribution in [0, 0.1) is 23.3 Å². The van der Waals surface area contributed by atoms with Crippen LogP contribution in [0.5, 0.6) is 0 Å². The van der Waals surface area contributed by atoms with Gasteiger partial charge in [-0.1, -0.05) is 12.6 Å². The first-order chi connectivity index (χ1) is 6.37. The molecule has 1 aromatic rings. The first kappa shape index (κ1) is 10.7. The van der Waals surface area contributed by atoms with E-state index in [1.807, 2.05) is 0 Å². The molecule has 1 radical (unpaired) electrons. The van der Waals surface area contributed by atoms with E-state index in [0.29, 0.717) is 0 Å². The fourth-order valence-corrected chi connectivity index (χ4v) is 0.979. The Kier molecular flexibility index (Phi) is 2.61. The molecule has 0 bridgehead atoms. The van der Waals surface area contributed by atoms with Gasteiger partial charge in [0, 0.05) is 0 Å². The smallest absolute Gasteiger partial charge is 0.341 e. The van der Waals surface area contributed by atoms with Gasteiger partial charge >= 0.3 is 5.97 Å². The highest BCUT2D eigenvalue weighted by Gasteiger charge is 2.28. The van der Waals surface area contributed by atoms with Crippen molar-refractivity contribution < 1.29 is 27.5 Å². The van der Waals surface area contributed by atoms with Crippen molar-refractivity contribution in [3.8, 4) is 0 Å². The van der Waals surface area contributed by atoms with Gasteiger partial charge in [0.1, 0.15) is 10.5 Å². The van der Waals surface area contributed by atoms with Crippen molar-refractivity contribution in [2.45, 2.75) is 4.90 Å². The van der Waals surface area contributed by atoms with E-state index in [1.165, 1.54) is 0 Å². The minimum atomic E-state index is -2.10. The Bertz CT molecular complexity index is 390. The molecular weight excluding hydrogens is 224 g/mol. The van der Waals surface area contributed by atoms with Crippen molar-refractivity contribution in [1.29, 1.82) is 0 Å². The number of carboxylic acids is 1. The Morgan fingerprint density at radius 3 is 1.64 bits per heavy atom. The van der Waals surface area contributed by atoms with E-state index < -0.39 is 39.7 Å². The van der Waals surface area contributed by atoms with Crippen LogP contribution in [-0.2, 0) is 0 Å². The molecule has 0 atom stereocenters. The summed E-state index contributed by atoms with van der Waals surface area (Å²) in [6.45, 7) is 0. The van der Waals surface area contributed by atoms with E-state index in [0.717, 1.165) is 0 Å². The SMILES string of the molecule is O=C(O)c1c(F)c(F)c([S])c(F)c1F. The summed E-state index contributed by atoms with van der Waals surface area (Å²) in [4.78, 5) is 8.91. The summed E-state index contributed by atoms with van der Waals surface area (Å²) in [7, 11) is 0. The van der Waals surface area contributed by atoms with Crippen LogP contribution < -0.4 is 0 Å². The number of carboxylic acid groups (broad SMARTS) is 1. The van der Waals surface area contributed by atoms with E-state index in [4.69, 9.17) is 5.11 Å². The van der Waals surface area contributed by atoms with Crippen LogP contribution in [0.2, 0.25) is 0 Å². The third-order valence-corrected chi connectivity index (χ3v) is 1.80. The average Bonchev–Trinajstić information content (AvgIpc) is 2.11. The van der Waals surface area contributed by atoms with Crippen molar-refractivity contribution in [2.24, 2.45) is 0 Å². The third-order valence-electron chi connectivity index (χ3n) is 1.44. The third kappa shape index (κ3) is 1.39. The van der Waals surface area contributed by atoms with Crippen molar-refractivity contribution in [1.82, 2.24) is 0 Å². The highest BCUT2D eigenvalue weighted by molar-refractivity contribution is 7.80. The largest absolute Gasteiger partial charge is 0.477 e. The van der Waals surface area contributed by atoms with Gasteiger partial charge in [-0.25, -0.2) is 22.4 Å². The molecule has 14 heavy (non-hydrogen) atoms.